The smallest absolute Gasteiger partial charge is 0.237 e. The van der Waals surface area contributed by atoms with Crippen LogP contribution in [-0.4, -0.2) is 53.5 Å². The summed E-state index contributed by atoms with van der Waals surface area (Å²) < 4.78 is 40.1. The van der Waals surface area contributed by atoms with E-state index in [-0.39, 0.29) is 30.7 Å². The molecule has 0 bridgehead atoms. The van der Waals surface area contributed by atoms with Crippen molar-refractivity contribution in [1.82, 2.24) is 14.8 Å². The van der Waals surface area contributed by atoms with Gasteiger partial charge >= 0.3 is 0 Å². The number of benzene rings is 2. The van der Waals surface area contributed by atoms with Crippen molar-refractivity contribution in [3.8, 4) is 5.75 Å². The lowest BCUT2D eigenvalue weighted by Gasteiger charge is -2.25. The quantitative estimate of drug-likeness (QED) is 0.505. The van der Waals surface area contributed by atoms with Crippen LogP contribution in [0, 0.1) is 11.6 Å². The van der Waals surface area contributed by atoms with E-state index in [0.29, 0.717) is 26.2 Å². The number of hydrogen-bond donors (Lipinski definition) is 0. The van der Waals surface area contributed by atoms with E-state index in [0.717, 1.165) is 17.0 Å². The number of carbonyl (C=O) groups excluding carboxylic acids is 1. The fraction of sp³-hybridized carbons (Fsp3) is 0.308. The Morgan fingerprint density at radius 1 is 1.00 bits per heavy atom. The number of hydrogen-bond acceptors (Lipinski definition) is 5. The molecule has 0 aliphatic carbocycles. The van der Waals surface area contributed by atoms with E-state index < -0.39 is 11.6 Å². The molecule has 1 unspecified atom stereocenters. The zero-order valence-corrected chi connectivity index (χ0v) is 19.0. The fourth-order valence-electron chi connectivity index (χ4n) is 4.00. The summed E-state index contributed by atoms with van der Waals surface area (Å²) in [5.41, 5.74) is 1.63. The number of aromatic nitrogens is 1. The van der Waals surface area contributed by atoms with Crippen LogP contribution in [0.25, 0.3) is 0 Å². The number of halogens is 2. The third-order valence-corrected chi connectivity index (χ3v) is 5.74. The normalized spacial score (nSPS) is 17.0. The van der Waals surface area contributed by atoms with E-state index in [1.165, 1.54) is 18.2 Å². The molecule has 4 rings (SSSR count). The van der Waals surface area contributed by atoms with Crippen molar-refractivity contribution in [3.63, 3.8) is 0 Å². The molecule has 1 aromatic heterocycles. The van der Waals surface area contributed by atoms with Crippen LogP contribution in [0.3, 0.4) is 0 Å². The maximum atomic E-state index is 14.3. The van der Waals surface area contributed by atoms with Crippen LogP contribution < -0.4 is 4.74 Å². The highest BCUT2D eigenvalue weighted by atomic mass is 19.1. The van der Waals surface area contributed by atoms with Gasteiger partial charge in [0.1, 0.15) is 17.4 Å². The van der Waals surface area contributed by atoms with Gasteiger partial charge in [0.15, 0.2) is 0 Å². The van der Waals surface area contributed by atoms with Gasteiger partial charge in [0.25, 0.3) is 0 Å². The first kappa shape index (κ1) is 23.8. The molecule has 6 nitrogen and oxygen atoms in total. The van der Waals surface area contributed by atoms with E-state index in [1.807, 2.05) is 42.5 Å². The van der Waals surface area contributed by atoms with Gasteiger partial charge in [-0.1, -0.05) is 24.3 Å². The third-order valence-electron chi connectivity index (χ3n) is 5.74. The average molecular weight is 468 g/mol. The van der Waals surface area contributed by atoms with Crippen molar-refractivity contribution in [2.45, 2.75) is 25.8 Å². The molecule has 1 atom stereocenters. The minimum absolute atomic E-state index is 0.0271. The Labute approximate surface area is 197 Å². The molecule has 0 saturated carbocycles. The Hall–Kier alpha value is -3.36. The summed E-state index contributed by atoms with van der Waals surface area (Å²) >= 11 is 0. The Morgan fingerprint density at radius 2 is 1.79 bits per heavy atom. The van der Waals surface area contributed by atoms with Crippen LogP contribution >= 0.6 is 0 Å². The van der Waals surface area contributed by atoms with Crippen LogP contribution in [0.1, 0.15) is 16.8 Å². The van der Waals surface area contributed by atoms with Crippen LogP contribution in [-0.2, 0) is 29.2 Å². The molecule has 1 saturated heterocycles. The average Bonchev–Trinajstić information content (AvgIpc) is 2.99. The van der Waals surface area contributed by atoms with Crippen molar-refractivity contribution in [3.05, 3.63) is 95.3 Å². The molecular formula is C26H27F2N3O3. The number of amides is 1. The summed E-state index contributed by atoms with van der Waals surface area (Å²) in [5.74, 6) is -0.674. The van der Waals surface area contributed by atoms with Gasteiger partial charge in [-0.15, -0.1) is 0 Å². The van der Waals surface area contributed by atoms with Crippen molar-refractivity contribution in [2.75, 3.05) is 26.7 Å². The Morgan fingerprint density at radius 3 is 2.53 bits per heavy atom. The van der Waals surface area contributed by atoms with E-state index in [1.54, 1.807) is 23.1 Å². The van der Waals surface area contributed by atoms with Gasteiger partial charge in [0, 0.05) is 31.4 Å². The number of nitrogens with zero attached hydrogens (tertiary/aromatic N) is 3. The molecule has 178 valence electrons. The number of pyridine rings is 1. The van der Waals surface area contributed by atoms with Gasteiger partial charge in [0.05, 0.1) is 38.6 Å². The van der Waals surface area contributed by atoms with Gasteiger partial charge in [-0.3, -0.25) is 14.7 Å². The lowest BCUT2D eigenvalue weighted by Crippen LogP contribution is -2.37. The highest BCUT2D eigenvalue weighted by Crippen LogP contribution is 2.20. The molecular weight excluding hydrogens is 440 g/mol. The van der Waals surface area contributed by atoms with E-state index in [4.69, 9.17) is 9.47 Å². The SMILES string of the molecule is COc1cccc(COC2CN(Cc3c(F)cccc3F)CC(=O)N(Cc3ccccn3)C2)c1. The van der Waals surface area contributed by atoms with Crippen molar-refractivity contribution < 1.29 is 23.0 Å². The largest absolute Gasteiger partial charge is 0.497 e. The van der Waals surface area contributed by atoms with E-state index >= 15 is 0 Å². The molecule has 8 heteroatoms. The zero-order chi connectivity index (χ0) is 23.9. The predicted octanol–water partition coefficient (Wildman–Crippen LogP) is 3.80. The minimum atomic E-state index is -0.629. The first-order chi connectivity index (χ1) is 16.5. The summed E-state index contributed by atoms with van der Waals surface area (Å²) in [6.45, 7) is 1.34. The molecule has 1 aliphatic heterocycles. The molecule has 0 spiro atoms. The first-order valence-electron chi connectivity index (χ1n) is 11.1. The highest BCUT2D eigenvalue weighted by molar-refractivity contribution is 5.78. The van der Waals surface area contributed by atoms with Crippen molar-refractivity contribution in [2.24, 2.45) is 0 Å². The Bertz CT molecular complexity index is 1090. The highest BCUT2D eigenvalue weighted by Gasteiger charge is 2.29. The fourth-order valence-corrected chi connectivity index (χ4v) is 4.00. The molecule has 2 aromatic carbocycles. The van der Waals surface area contributed by atoms with Gasteiger partial charge in [-0.25, -0.2) is 8.78 Å². The zero-order valence-electron chi connectivity index (χ0n) is 19.0. The van der Waals surface area contributed by atoms with Crippen LogP contribution in [0.4, 0.5) is 8.78 Å². The van der Waals surface area contributed by atoms with Crippen LogP contribution in [0.15, 0.2) is 66.9 Å². The Kier molecular flexibility index (Phi) is 7.82. The second-order valence-electron chi connectivity index (χ2n) is 8.25. The summed E-state index contributed by atoms with van der Waals surface area (Å²) in [4.78, 5) is 20.8. The van der Waals surface area contributed by atoms with Crippen molar-refractivity contribution in [1.29, 1.82) is 0 Å². The Balaban J connectivity index is 1.52. The van der Waals surface area contributed by atoms with Gasteiger partial charge in [-0.05, 0) is 42.0 Å². The monoisotopic (exact) mass is 467 g/mol. The summed E-state index contributed by atoms with van der Waals surface area (Å²) in [6.07, 6.45) is 1.32. The summed E-state index contributed by atoms with van der Waals surface area (Å²) in [5, 5.41) is 0. The lowest BCUT2D eigenvalue weighted by molar-refractivity contribution is -0.132. The maximum Gasteiger partial charge on any atom is 0.237 e. The molecule has 1 aliphatic rings. The molecule has 1 fully saturated rings. The number of carbonyl (C=O) groups is 1. The molecule has 2 heterocycles. The number of rotatable bonds is 8. The van der Waals surface area contributed by atoms with Gasteiger partial charge in [-0.2, -0.15) is 0 Å². The number of ether oxygens (including phenoxy) is 2. The molecule has 34 heavy (non-hydrogen) atoms. The molecule has 3 aromatic rings. The predicted molar refractivity (Wildman–Crippen MR) is 123 cm³/mol. The first-order valence-corrected chi connectivity index (χ1v) is 11.1. The number of methoxy groups -OCH3 is 1. The minimum Gasteiger partial charge on any atom is -0.497 e. The third kappa shape index (κ3) is 6.15. The van der Waals surface area contributed by atoms with E-state index in [2.05, 4.69) is 4.98 Å². The topological polar surface area (TPSA) is 54.9 Å². The van der Waals surface area contributed by atoms with Crippen LogP contribution in [0.5, 0.6) is 5.75 Å². The second kappa shape index (κ2) is 11.2. The standard InChI is InChI=1S/C26H27F2N3O3/c1-33-21-8-4-6-19(12-21)18-34-22-14-30(16-23-24(27)9-5-10-25(23)28)17-26(32)31(15-22)13-20-7-2-3-11-29-20/h2-12,22H,13-18H2,1H3. The maximum absolute atomic E-state index is 14.3. The second-order valence-corrected chi connectivity index (χ2v) is 8.25. The van der Waals surface area contributed by atoms with Crippen molar-refractivity contribution >= 4 is 5.91 Å². The van der Waals surface area contributed by atoms with Gasteiger partial charge < -0.3 is 14.4 Å². The van der Waals surface area contributed by atoms with Crippen LogP contribution in [0.2, 0.25) is 0 Å². The van der Waals surface area contributed by atoms with E-state index in [9.17, 15) is 13.6 Å². The molecule has 0 radical (unpaired) electrons. The lowest BCUT2D eigenvalue weighted by atomic mass is 10.1. The van der Waals surface area contributed by atoms with Gasteiger partial charge in [0.2, 0.25) is 5.91 Å². The summed E-state index contributed by atoms with van der Waals surface area (Å²) in [7, 11) is 1.60. The summed E-state index contributed by atoms with van der Waals surface area (Å²) in [6, 6.07) is 16.9. The molecule has 1 amide bonds. The molecule has 0 N–H and O–H groups in total.